The lowest BCUT2D eigenvalue weighted by molar-refractivity contribution is -0.136. The number of ether oxygens (including phenoxy) is 1. The molecular formula is C27H32N4O2. The summed E-state index contributed by atoms with van der Waals surface area (Å²) in [6.45, 7) is 2.82. The van der Waals surface area contributed by atoms with Gasteiger partial charge in [0.1, 0.15) is 18.8 Å². The first-order valence-corrected chi connectivity index (χ1v) is 12.0. The summed E-state index contributed by atoms with van der Waals surface area (Å²) in [4.78, 5) is 15.1. The Morgan fingerprint density at radius 1 is 0.970 bits per heavy atom. The standard InChI is InChI=1S/C27H32N4O2/c32-25(19-33-18-23-12-6-2-7-13-23)30-17-24(27(20-30)14-8-3-9-15-27)26-29-28-21-31(26)16-22-10-4-1-5-11-22/h1-2,4-7,10-13,21,24H,3,8-9,14-20H2. The highest BCUT2D eigenvalue weighted by Gasteiger charge is 2.50. The largest absolute Gasteiger partial charge is 0.367 e. The predicted molar refractivity (Wildman–Crippen MR) is 127 cm³/mol. The van der Waals surface area contributed by atoms with Crippen molar-refractivity contribution < 1.29 is 9.53 Å². The zero-order valence-corrected chi connectivity index (χ0v) is 19.1. The molecule has 5 rings (SSSR count). The Balaban J connectivity index is 1.31. The van der Waals surface area contributed by atoms with Crippen molar-refractivity contribution in [2.45, 2.75) is 51.2 Å². The Labute approximate surface area is 195 Å². The molecule has 2 aromatic carbocycles. The van der Waals surface area contributed by atoms with Crippen LogP contribution in [0.3, 0.4) is 0 Å². The topological polar surface area (TPSA) is 60.2 Å². The summed E-state index contributed by atoms with van der Waals surface area (Å²) in [6.07, 6.45) is 7.84. The van der Waals surface area contributed by atoms with E-state index in [1.807, 2.05) is 47.6 Å². The summed E-state index contributed by atoms with van der Waals surface area (Å²) in [5.74, 6) is 1.30. The summed E-state index contributed by atoms with van der Waals surface area (Å²) in [6, 6.07) is 20.4. The molecule has 0 N–H and O–H groups in total. The zero-order chi connectivity index (χ0) is 22.5. The Morgan fingerprint density at radius 2 is 1.67 bits per heavy atom. The molecule has 3 aromatic rings. The van der Waals surface area contributed by atoms with Gasteiger partial charge < -0.3 is 14.2 Å². The number of likely N-dealkylation sites (tertiary alicyclic amines) is 1. The second kappa shape index (κ2) is 9.87. The molecule has 2 heterocycles. The molecule has 1 unspecified atom stereocenters. The summed E-state index contributed by atoms with van der Waals surface area (Å²) in [5, 5.41) is 8.86. The molecule has 1 saturated carbocycles. The van der Waals surface area contributed by atoms with Crippen LogP contribution in [0.4, 0.5) is 0 Å². The molecule has 1 spiro atoms. The van der Waals surface area contributed by atoms with Crippen molar-refractivity contribution in [3.8, 4) is 0 Å². The number of aromatic nitrogens is 3. The van der Waals surface area contributed by atoms with E-state index >= 15 is 0 Å². The normalized spacial score (nSPS) is 19.8. The van der Waals surface area contributed by atoms with E-state index in [0.717, 1.165) is 37.3 Å². The van der Waals surface area contributed by atoms with Crippen molar-refractivity contribution in [3.63, 3.8) is 0 Å². The third-order valence-electron chi connectivity index (χ3n) is 7.34. The predicted octanol–water partition coefficient (Wildman–Crippen LogP) is 4.42. The van der Waals surface area contributed by atoms with Gasteiger partial charge in [-0.3, -0.25) is 4.79 Å². The van der Waals surface area contributed by atoms with Crippen LogP contribution in [0.15, 0.2) is 67.0 Å². The molecular weight excluding hydrogens is 412 g/mol. The molecule has 1 aliphatic carbocycles. The first-order chi connectivity index (χ1) is 16.2. The van der Waals surface area contributed by atoms with Gasteiger partial charge in [-0.05, 0) is 29.4 Å². The lowest BCUT2D eigenvalue weighted by Crippen LogP contribution is -2.36. The molecule has 2 aliphatic rings. The van der Waals surface area contributed by atoms with E-state index in [2.05, 4.69) is 39.0 Å². The Bertz CT molecular complexity index is 1040. The van der Waals surface area contributed by atoms with Crippen molar-refractivity contribution in [1.29, 1.82) is 0 Å². The van der Waals surface area contributed by atoms with Gasteiger partial charge >= 0.3 is 0 Å². The van der Waals surface area contributed by atoms with E-state index in [1.165, 1.54) is 24.8 Å². The Morgan fingerprint density at radius 3 is 2.39 bits per heavy atom. The third-order valence-corrected chi connectivity index (χ3v) is 7.34. The van der Waals surface area contributed by atoms with Gasteiger partial charge in [-0.1, -0.05) is 79.9 Å². The first kappa shape index (κ1) is 21.8. The molecule has 0 radical (unpaired) electrons. The fraction of sp³-hybridized carbons (Fsp3) is 0.444. The number of carbonyl (C=O) groups is 1. The Kier molecular flexibility index (Phi) is 6.53. The van der Waals surface area contributed by atoms with Gasteiger partial charge in [0.05, 0.1) is 13.2 Å². The highest BCUT2D eigenvalue weighted by Crippen LogP contribution is 2.51. The van der Waals surface area contributed by atoms with Crippen LogP contribution in [0.2, 0.25) is 0 Å². The minimum atomic E-state index is 0.0764. The molecule has 1 aliphatic heterocycles. The lowest BCUT2D eigenvalue weighted by atomic mass is 9.67. The molecule has 0 bridgehead atoms. The molecule has 1 aromatic heterocycles. The van der Waals surface area contributed by atoms with Crippen molar-refractivity contribution in [3.05, 3.63) is 83.9 Å². The Hall–Kier alpha value is -2.99. The molecule has 33 heavy (non-hydrogen) atoms. The third kappa shape index (κ3) is 4.86. The SMILES string of the molecule is O=C(COCc1ccccc1)N1CC(c2nncn2Cc2ccccc2)C2(CCCCC2)C1. The van der Waals surface area contributed by atoms with Crippen molar-refractivity contribution in [2.24, 2.45) is 5.41 Å². The first-order valence-electron chi connectivity index (χ1n) is 12.0. The van der Waals surface area contributed by atoms with E-state index in [1.54, 1.807) is 0 Å². The van der Waals surface area contributed by atoms with Gasteiger partial charge in [0.25, 0.3) is 0 Å². The van der Waals surface area contributed by atoms with Crippen LogP contribution in [-0.4, -0.2) is 45.3 Å². The van der Waals surface area contributed by atoms with Crippen LogP contribution < -0.4 is 0 Å². The van der Waals surface area contributed by atoms with E-state index in [9.17, 15) is 4.79 Å². The summed E-state index contributed by atoms with van der Waals surface area (Å²) in [5.41, 5.74) is 2.41. The van der Waals surface area contributed by atoms with Crippen molar-refractivity contribution in [1.82, 2.24) is 19.7 Å². The zero-order valence-electron chi connectivity index (χ0n) is 19.1. The van der Waals surface area contributed by atoms with E-state index in [0.29, 0.717) is 13.2 Å². The molecule has 2 fully saturated rings. The van der Waals surface area contributed by atoms with Gasteiger partial charge in [-0.15, -0.1) is 10.2 Å². The van der Waals surface area contributed by atoms with Crippen LogP contribution >= 0.6 is 0 Å². The summed E-state index contributed by atoms with van der Waals surface area (Å²) in [7, 11) is 0. The molecule has 6 nitrogen and oxygen atoms in total. The second-order valence-electron chi connectivity index (χ2n) is 9.53. The average Bonchev–Trinajstić information content (AvgIpc) is 3.45. The van der Waals surface area contributed by atoms with E-state index < -0.39 is 0 Å². The van der Waals surface area contributed by atoms with Crippen LogP contribution in [0.25, 0.3) is 0 Å². The monoisotopic (exact) mass is 444 g/mol. The maximum atomic E-state index is 13.1. The van der Waals surface area contributed by atoms with Crippen molar-refractivity contribution >= 4 is 5.91 Å². The number of hydrogen-bond acceptors (Lipinski definition) is 4. The van der Waals surface area contributed by atoms with Crippen LogP contribution in [0.1, 0.15) is 55.0 Å². The minimum Gasteiger partial charge on any atom is -0.367 e. The quantitative estimate of drug-likeness (QED) is 0.541. The lowest BCUT2D eigenvalue weighted by Gasteiger charge is -2.37. The van der Waals surface area contributed by atoms with Gasteiger partial charge in [0.2, 0.25) is 5.91 Å². The second-order valence-corrected chi connectivity index (χ2v) is 9.53. The van der Waals surface area contributed by atoms with E-state index in [4.69, 9.17) is 4.74 Å². The molecule has 1 amide bonds. The number of nitrogens with zero attached hydrogens (tertiary/aromatic N) is 4. The molecule has 1 atom stereocenters. The molecule has 172 valence electrons. The van der Waals surface area contributed by atoms with Gasteiger partial charge in [-0.2, -0.15) is 0 Å². The van der Waals surface area contributed by atoms with Crippen LogP contribution in [0, 0.1) is 5.41 Å². The van der Waals surface area contributed by atoms with Crippen molar-refractivity contribution in [2.75, 3.05) is 19.7 Å². The summed E-state index contributed by atoms with van der Waals surface area (Å²) < 4.78 is 7.95. The maximum Gasteiger partial charge on any atom is 0.248 e. The highest BCUT2D eigenvalue weighted by atomic mass is 16.5. The van der Waals surface area contributed by atoms with Gasteiger partial charge in [-0.25, -0.2) is 0 Å². The highest BCUT2D eigenvalue weighted by molar-refractivity contribution is 5.78. The number of rotatable bonds is 7. The smallest absolute Gasteiger partial charge is 0.248 e. The maximum absolute atomic E-state index is 13.1. The number of carbonyl (C=O) groups excluding carboxylic acids is 1. The van der Waals surface area contributed by atoms with Crippen LogP contribution in [0.5, 0.6) is 0 Å². The van der Waals surface area contributed by atoms with Gasteiger partial charge in [0.15, 0.2) is 0 Å². The van der Waals surface area contributed by atoms with Gasteiger partial charge in [0, 0.05) is 19.0 Å². The number of amides is 1. The van der Waals surface area contributed by atoms with E-state index in [-0.39, 0.29) is 23.8 Å². The summed E-state index contributed by atoms with van der Waals surface area (Å²) >= 11 is 0. The van der Waals surface area contributed by atoms with Crippen LogP contribution in [-0.2, 0) is 22.7 Å². The average molecular weight is 445 g/mol. The fourth-order valence-corrected chi connectivity index (χ4v) is 5.63. The number of hydrogen-bond donors (Lipinski definition) is 0. The minimum absolute atomic E-state index is 0.0764. The number of benzene rings is 2. The fourth-order valence-electron chi connectivity index (χ4n) is 5.63. The molecule has 6 heteroatoms. The molecule has 1 saturated heterocycles.